The van der Waals surface area contributed by atoms with Crippen molar-refractivity contribution in [2.45, 2.75) is 33.2 Å². The van der Waals surface area contributed by atoms with Crippen molar-refractivity contribution in [3.63, 3.8) is 0 Å². The molecule has 1 heterocycles. The first-order valence-electron chi connectivity index (χ1n) is 6.48. The first kappa shape index (κ1) is 13.2. The molecule has 0 amide bonds. The van der Waals surface area contributed by atoms with E-state index in [1.165, 1.54) is 16.0 Å². The average Bonchev–Trinajstić information content (AvgIpc) is 2.82. The fourth-order valence-electron chi connectivity index (χ4n) is 2.15. The van der Waals surface area contributed by atoms with Crippen molar-refractivity contribution in [3.8, 4) is 0 Å². The molecule has 0 aliphatic carbocycles. The molecule has 0 radical (unpaired) electrons. The lowest BCUT2D eigenvalue weighted by molar-refractivity contribution is 0.635. The van der Waals surface area contributed by atoms with Crippen molar-refractivity contribution in [2.24, 2.45) is 0 Å². The molecule has 1 atom stereocenters. The van der Waals surface area contributed by atoms with Gasteiger partial charge in [-0.15, -0.1) is 11.3 Å². The number of nitrogens with zero attached hydrogens (tertiary/aromatic N) is 1. The summed E-state index contributed by atoms with van der Waals surface area (Å²) in [7, 11) is 0. The highest BCUT2D eigenvalue weighted by atomic mass is 32.1. The third-order valence-electron chi connectivity index (χ3n) is 3.15. The third kappa shape index (κ3) is 2.79. The first-order valence-corrected chi connectivity index (χ1v) is 7.36. The molecule has 1 aromatic heterocycles. The van der Waals surface area contributed by atoms with E-state index < -0.39 is 0 Å². The highest BCUT2D eigenvalue weighted by Gasteiger charge is 2.17. The second kappa shape index (κ2) is 6.12. The molecule has 2 nitrogen and oxygen atoms in total. The molecule has 0 spiro atoms. The van der Waals surface area contributed by atoms with Gasteiger partial charge < -0.3 is 5.32 Å². The molecule has 0 aliphatic heterocycles. The van der Waals surface area contributed by atoms with Gasteiger partial charge in [0.1, 0.15) is 0 Å². The molecule has 0 fully saturated rings. The van der Waals surface area contributed by atoms with Crippen LogP contribution in [0.4, 0.5) is 0 Å². The Hall–Kier alpha value is -1.19. The summed E-state index contributed by atoms with van der Waals surface area (Å²) in [5.41, 5.74) is 5.78. The fourth-order valence-corrected chi connectivity index (χ4v) is 3.05. The molecule has 0 aliphatic rings. The van der Waals surface area contributed by atoms with Crippen LogP contribution in [0.5, 0.6) is 0 Å². The maximum Gasteiger partial charge on any atom is 0.0798 e. The summed E-state index contributed by atoms with van der Waals surface area (Å²) in [5, 5.41) is 3.56. The van der Waals surface area contributed by atoms with Crippen LogP contribution in [0.25, 0.3) is 0 Å². The predicted molar refractivity (Wildman–Crippen MR) is 78.2 cm³/mol. The number of rotatable bonds is 5. The van der Waals surface area contributed by atoms with Gasteiger partial charge in [-0.3, -0.25) is 0 Å². The molecular formula is C15H20N2S. The van der Waals surface area contributed by atoms with Gasteiger partial charge in [-0.2, -0.15) is 0 Å². The van der Waals surface area contributed by atoms with Gasteiger partial charge in [0.2, 0.25) is 0 Å². The normalized spacial score (nSPS) is 12.6. The molecule has 0 bridgehead atoms. The third-order valence-corrected chi connectivity index (χ3v) is 4.14. The van der Waals surface area contributed by atoms with Crippen molar-refractivity contribution in [2.75, 3.05) is 6.54 Å². The van der Waals surface area contributed by atoms with E-state index in [0.29, 0.717) is 0 Å². The average molecular weight is 260 g/mol. The molecule has 1 unspecified atom stereocenters. The lowest BCUT2D eigenvalue weighted by Crippen LogP contribution is -2.21. The number of aromatic nitrogens is 1. The summed E-state index contributed by atoms with van der Waals surface area (Å²) in [6.45, 7) is 7.38. The van der Waals surface area contributed by atoms with Crippen LogP contribution in [0, 0.1) is 6.92 Å². The van der Waals surface area contributed by atoms with Gasteiger partial charge in [-0.25, -0.2) is 4.98 Å². The van der Waals surface area contributed by atoms with E-state index in [1.54, 1.807) is 11.3 Å². The Morgan fingerprint density at radius 1 is 1.33 bits per heavy atom. The van der Waals surface area contributed by atoms with Crippen LogP contribution in [0.2, 0.25) is 0 Å². The van der Waals surface area contributed by atoms with Crippen molar-refractivity contribution < 1.29 is 0 Å². The van der Waals surface area contributed by atoms with E-state index in [9.17, 15) is 0 Å². The summed E-state index contributed by atoms with van der Waals surface area (Å²) in [6, 6.07) is 9.10. The Morgan fingerprint density at radius 2 is 2.17 bits per heavy atom. The van der Waals surface area contributed by atoms with Crippen LogP contribution in [0.1, 0.15) is 41.6 Å². The van der Waals surface area contributed by atoms with Crippen LogP contribution >= 0.6 is 11.3 Å². The zero-order valence-corrected chi connectivity index (χ0v) is 12.1. The number of hydrogen-bond donors (Lipinski definition) is 1. The molecule has 0 saturated heterocycles. The fraction of sp³-hybridized carbons (Fsp3) is 0.400. The zero-order chi connectivity index (χ0) is 13.0. The second-order valence-electron chi connectivity index (χ2n) is 4.39. The van der Waals surface area contributed by atoms with Crippen LogP contribution in [-0.4, -0.2) is 11.5 Å². The Balaban J connectivity index is 2.38. The maximum absolute atomic E-state index is 4.37. The minimum atomic E-state index is 0.272. The van der Waals surface area contributed by atoms with E-state index in [-0.39, 0.29) is 6.04 Å². The summed E-state index contributed by atoms with van der Waals surface area (Å²) in [6.07, 6.45) is 1.08. The minimum absolute atomic E-state index is 0.272. The van der Waals surface area contributed by atoms with Gasteiger partial charge in [-0.05, 0) is 31.0 Å². The molecule has 2 rings (SSSR count). The summed E-state index contributed by atoms with van der Waals surface area (Å²) < 4.78 is 0. The molecule has 3 heteroatoms. The van der Waals surface area contributed by atoms with Gasteiger partial charge in [0.25, 0.3) is 0 Å². The number of aryl methyl sites for hydroxylation is 2. The van der Waals surface area contributed by atoms with Gasteiger partial charge in [0.15, 0.2) is 0 Å². The van der Waals surface area contributed by atoms with E-state index in [0.717, 1.165) is 18.7 Å². The maximum atomic E-state index is 4.37. The second-order valence-corrected chi connectivity index (χ2v) is 5.28. The highest BCUT2D eigenvalue weighted by molar-refractivity contribution is 7.09. The molecular weight excluding hydrogens is 240 g/mol. The van der Waals surface area contributed by atoms with Gasteiger partial charge in [0, 0.05) is 4.88 Å². The molecule has 2 aromatic rings. The molecule has 1 aromatic carbocycles. The van der Waals surface area contributed by atoms with Crippen molar-refractivity contribution in [3.05, 3.63) is 51.5 Å². The van der Waals surface area contributed by atoms with Gasteiger partial charge in [-0.1, -0.05) is 38.1 Å². The quantitative estimate of drug-likeness (QED) is 0.886. The monoisotopic (exact) mass is 260 g/mol. The Bertz CT molecular complexity index is 505. The highest BCUT2D eigenvalue weighted by Crippen LogP contribution is 2.28. The topological polar surface area (TPSA) is 24.9 Å². The van der Waals surface area contributed by atoms with E-state index >= 15 is 0 Å². The summed E-state index contributed by atoms with van der Waals surface area (Å²) in [4.78, 5) is 5.69. The van der Waals surface area contributed by atoms with Crippen LogP contribution < -0.4 is 5.32 Å². The molecule has 96 valence electrons. The van der Waals surface area contributed by atoms with Crippen molar-refractivity contribution in [1.82, 2.24) is 10.3 Å². The summed E-state index contributed by atoms with van der Waals surface area (Å²) in [5.74, 6) is 0. The standard InChI is InChI=1S/C15H20N2S/c1-4-12-7-6-8-13(9-12)14(16-5-2)15-11(3)17-10-18-15/h6-10,14,16H,4-5H2,1-3H3. The van der Waals surface area contributed by atoms with E-state index in [2.05, 4.69) is 55.3 Å². The largest absolute Gasteiger partial charge is 0.306 e. The van der Waals surface area contributed by atoms with Crippen LogP contribution in [0.15, 0.2) is 29.8 Å². The minimum Gasteiger partial charge on any atom is -0.306 e. The Kier molecular flexibility index (Phi) is 4.50. The van der Waals surface area contributed by atoms with Crippen LogP contribution in [-0.2, 0) is 6.42 Å². The number of nitrogens with one attached hydrogen (secondary N) is 1. The SMILES string of the molecule is CCNC(c1cccc(CC)c1)c1scnc1C. The zero-order valence-electron chi connectivity index (χ0n) is 11.2. The lowest BCUT2D eigenvalue weighted by atomic mass is 10.0. The van der Waals surface area contributed by atoms with Crippen LogP contribution in [0.3, 0.4) is 0 Å². The Labute approximate surface area is 113 Å². The van der Waals surface area contributed by atoms with E-state index in [4.69, 9.17) is 0 Å². The van der Waals surface area contributed by atoms with Gasteiger partial charge in [0.05, 0.1) is 17.2 Å². The summed E-state index contributed by atoms with van der Waals surface area (Å²) >= 11 is 1.73. The van der Waals surface area contributed by atoms with E-state index in [1.807, 2.05) is 5.51 Å². The number of hydrogen-bond acceptors (Lipinski definition) is 3. The smallest absolute Gasteiger partial charge is 0.0798 e. The first-order chi connectivity index (χ1) is 8.76. The molecule has 18 heavy (non-hydrogen) atoms. The molecule has 1 N–H and O–H groups in total. The van der Waals surface area contributed by atoms with Crippen molar-refractivity contribution >= 4 is 11.3 Å². The number of benzene rings is 1. The number of thiazole rings is 1. The molecule has 0 saturated carbocycles. The van der Waals surface area contributed by atoms with Gasteiger partial charge >= 0.3 is 0 Å². The Morgan fingerprint density at radius 3 is 2.78 bits per heavy atom. The lowest BCUT2D eigenvalue weighted by Gasteiger charge is -2.18. The van der Waals surface area contributed by atoms with Crippen molar-refractivity contribution in [1.29, 1.82) is 0 Å². The predicted octanol–water partition coefficient (Wildman–Crippen LogP) is 3.71.